The summed E-state index contributed by atoms with van der Waals surface area (Å²) in [4.78, 5) is 25.0. The van der Waals surface area contributed by atoms with E-state index < -0.39 is 6.04 Å². The molecule has 1 fully saturated rings. The maximum Gasteiger partial charge on any atom is 0.251 e. The van der Waals surface area contributed by atoms with Crippen molar-refractivity contribution in [2.75, 3.05) is 13.7 Å². The van der Waals surface area contributed by atoms with Gasteiger partial charge in [0, 0.05) is 12.1 Å². The Morgan fingerprint density at radius 2 is 1.77 bits per heavy atom. The van der Waals surface area contributed by atoms with Gasteiger partial charge in [-0.15, -0.1) is 0 Å². The van der Waals surface area contributed by atoms with Crippen LogP contribution in [0.2, 0.25) is 0 Å². The highest BCUT2D eigenvalue weighted by atomic mass is 16.5. The Morgan fingerprint density at radius 1 is 1.12 bits per heavy atom. The summed E-state index contributed by atoms with van der Waals surface area (Å²) < 4.78 is 5.10. The van der Waals surface area contributed by atoms with E-state index in [0.29, 0.717) is 17.9 Å². The maximum atomic E-state index is 12.5. The lowest BCUT2D eigenvalue weighted by molar-refractivity contribution is -0.124. The molecule has 1 unspecified atom stereocenters. The van der Waals surface area contributed by atoms with Gasteiger partial charge in [0.25, 0.3) is 5.91 Å². The van der Waals surface area contributed by atoms with Crippen LogP contribution >= 0.6 is 0 Å². The Kier molecular flexibility index (Phi) is 7.95. The molecule has 0 aliphatic heterocycles. The first kappa shape index (κ1) is 20.3. The van der Waals surface area contributed by atoms with Crippen LogP contribution in [0.5, 0.6) is 5.75 Å². The average molecular weight is 360 g/mol. The molecule has 1 saturated carbocycles. The van der Waals surface area contributed by atoms with Gasteiger partial charge in [-0.1, -0.05) is 46.0 Å². The molecule has 2 rings (SSSR count). The summed E-state index contributed by atoms with van der Waals surface area (Å²) in [5.41, 5.74) is 0.520. The van der Waals surface area contributed by atoms with E-state index >= 15 is 0 Å². The molecular formula is C21H32N2O3. The van der Waals surface area contributed by atoms with Crippen LogP contribution in [0.3, 0.4) is 0 Å². The zero-order chi connectivity index (χ0) is 18.9. The van der Waals surface area contributed by atoms with Crippen molar-refractivity contribution in [2.45, 2.75) is 58.4 Å². The van der Waals surface area contributed by atoms with Gasteiger partial charge in [0.1, 0.15) is 11.8 Å². The van der Waals surface area contributed by atoms with Crippen LogP contribution in [0.4, 0.5) is 0 Å². The van der Waals surface area contributed by atoms with Crippen LogP contribution in [0.1, 0.15) is 62.7 Å². The molecule has 0 spiro atoms. The summed E-state index contributed by atoms with van der Waals surface area (Å²) in [7, 11) is 1.58. The highest BCUT2D eigenvalue weighted by Gasteiger charge is 2.24. The van der Waals surface area contributed by atoms with Crippen molar-refractivity contribution in [3.8, 4) is 5.75 Å². The molecule has 0 saturated heterocycles. The van der Waals surface area contributed by atoms with E-state index in [2.05, 4.69) is 10.6 Å². The molecule has 0 aromatic heterocycles. The monoisotopic (exact) mass is 360 g/mol. The van der Waals surface area contributed by atoms with Crippen LogP contribution in [0, 0.1) is 11.8 Å². The Balaban J connectivity index is 1.85. The van der Waals surface area contributed by atoms with E-state index in [-0.39, 0.29) is 17.7 Å². The molecule has 1 aromatic carbocycles. The summed E-state index contributed by atoms with van der Waals surface area (Å²) in [6.07, 6.45) is 7.55. The van der Waals surface area contributed by atoms with Gasteiger partial charge in [-0.05, 0) is 42.5 Å². The summed E-state index contributed by atoms with van der Waals surface area (Å²) in [5, 5.41) is 5.88. The Labute approximate surface area is 156 Å². The van der Waals surface area contributed by atoms with Crippen molar-refractivity contribution in [1.29, 1.82) is 0 Å². The van der Waals surface area contributed by atoms with Gasteiger partial charge in [0.2, 0.25) is 5.91 Å². The average Bonchev–Trinajstić information content (AvgIpc) is 2.66. The Bertz CT molecular complexity index is 577. The number of carbonyl (C=O) groups excluding carboxylic acids is 2. The smallest absolute Gasteiger partial charge is 0.251 e. The fourth-order valence-corrected chi connectivity index (χ4v) is 3.49. The molecule has 1 atom stereocenters. The van der Waals surface area contributed by atoms with Crippen LogP contribution in [-0.2, 0) is 4.79 Å². The summed E-state index contributed by atoms with van der Waals surface area (Å²) in [6.45, 7) is 4.57. The van der Waals surface area contributed by atoms with Crippen LogP contribution in [0.15, 0.2) is 24.3 Å². The van der Waals surface area contributed by atoms with E-state index in [4.69, 9.17) is 4.74 Å². The summed E-state index contributed by atoms with van der Waals surface area (Å²) in [6, 6.07) is 6.35. The molecule has 26 heavy (non-hydrogen) atoms. The first-order chi connectivity index (χ1) is 12.5. The zero-order valence-electron chi connectivity index (χ0n) is 16.2. The number of methoxy groups -OCH3 is 1. The number of benzene rings is 1. The first-order valence-electron chi connectivity index (χ1n) is 9.74. The van der Waals surface area contributed by atoms with Crippen molar-refractivity contribution in [1.82, 2.24) is 10.6 Å². The third-order valence-corrected chi connectivity index (χ3v) is 5.16. The van der Waals surface area contributed by atoms with E-state index in [1.807, 2.05) is 13.8 Å². The van der Waals surface area contributed by atoms with Crippen LogP contribution in [-0.4, -0.2) is 31.5 Å². The second kappa shape index (κ2) is 10.2. The standard InChI is InChI=1S/C21H32N2O3/c1-15(2)19(21(25)22-14-13-16-7-5-4-6-8-16)23-20(24)17-9-11-18(26-3)12-10-17/h9-12,15-16,19H,4-8,13-14H2,1-3H3,(H,22,25)(H,23,24). The fraction of sp³-hybridized carbons (Fsp3) is 0.619. The first-order valence-corrected chi connectivity index (χ1v) is 9.74. The lowest BCUT2D eigenvalue weighted by atomic mass is 9.87. The van der Waals surface area contributed by atoms with Crippen molar-refractivity contribution < 1.29 is 14.3 Å². The minimum atomic E-state index is -0.532. The molecule has 144 valence electrons. The molecule has 1 aromatic rings. The molecule has 2 N–H and O–H groups in total. The van der Waals surface area contributed by atoms with Gasteiger partial charge in [0.15, 0.2) is 0 Å². The number of nitrogens with one attached hydrogen (secondary N) is 2. The fourth-order valence-electron chi connectivity index (χ4n) is 3.49. The predicted octanol–water partition coefficient (Wildman–Crippen LogP) is 3.54. The predicted molar refractivity (Wildman–Crippen MR) is 103 cm³/mol. The summed E-state index contributed by atoms with van der Waals surface area (Å²) >= 11 is 0. The van der Waals surface area contributed by atoms with E-state index in [9.17, 15) is 9.59 Å². The molecule has 1 aliphatic rings. The molecule has 2 amide bonds. The van der Waals surface area contributed by atoms with Crippen molar-refractivity contribution in [2.24, 2.45) is 11.8 Å². The number of hydrogen-bond acceptors (Lipinski definition) is 3. The highest BCUT2D eigenvalue weighted by molar-refractivity contribution is 5.97. The topological polar surface area (TPSA) is 67.4 Å². The van der Waals surface area contributed by atoms with Gasteiger partial charge in [0.05, 0.1) is 7.11 Å². The third-order valence-electron chi connectivity index (χ3n) is 5.16. The van der Waals surface area contributed by atoms with Crippen LogP contribution in [0.25, 0.3) is 0 Å². The van der Waals surface area contributed by atoms with Gasteiger partial charge in [-0.3, -0.25) is 9.59 Å². The minimum absolute atomic E-state index is 0.0203. The molecule has 0 bridgehead atoms. The molecule has 0 radical (unpaired) electrons. The van der Waals surface area contributed by atoms with Gasteiger partial charge in [-0.2, -0.15) is 0 Å². The maximum absolute atomic E-state index is 12.5. The number of rotatable bonds is 8. The zero-order valence-corrected chi connectivity index (χ0v) is 16.2. The van der Waals surface area contributed by atoms with E-state index in [1.54, 1.807) is 31.4 Å². The Hall–Kier alpha value is -2.04. The van der Waals surface area contributed by atoms with Crippen molar-refractivity contribution in [3.63, 3.8) is 0 Å². The Morgan fingerprint density at radius 3 is 2.35 bits per heavy atom. The summed E-state index contributed by atoms with van der Waals surface area (Å²) in [5.74, 6) is 1.11. The lowest BCUT2D eigenvalue weighted by Crippen LogP contribution is -2.50. The number of ether oxygens (including phenoxy) is 1. The number of hydrogen-bond donors (Lipinski definition) is 2. The van der Waals surface area contributed by atoms with Gasteiger partial charge < -0.3 is 15.4 Å². The van der Waals surface area contributed by atoms with Crippen molar-refractivity contribution >= 4 is 11.8 Å². The lowest BCUT2D eigenvalue weighted by Gasteiger charge is -2.24. The third kappa shape index (κ3) is 6.04. The van der Waals surface area contributed by atoms with Gasteiger partial charge >= 0.3 is 0 Å². The van der Waals surface area contributed by atoms with Gasteiger partial charge in [-0.25, -0.2) is 0 Å². The molecule has 1 aliphatic carbocycles. The van der Waals surface area contributed by atoms with Crippen molar-refractivity contribution in [3.05, 3.63) is 29.8 Å². The highest BCUT2D eigenvalue weighted by Crippen LogP contribution is 2.25. The molecular weight excluding hydrogens is 328 g/mol. The number of amides is 2. The normalized spacial score (nSPS) is 16.2. The second-order valence-electron chi connectivity index (χ2n) is 7.51. The second-order valence-corrected chi connectivity index (χ2v) is 7.51. The van der Waals surface area contributed by atoms with E-state index in [0.717, 1.165) is 12.3 Å². The quantitative estimate of drug-likeness (QED) is 0.745. The van der Waals surface area contributed by atoms with E-state index in [1.165, 1.54) is 32.1 Å². The number of carbonyl (C=O) groups is 2. The molecule has 0 heterocycles. The minimum Gasteiger partial charge on any atom is -0.497 e. The molecule has 5 nitrogen and oxygen atoms in total. The largest absolute Gasteiger partial charge is 0.497 e. The molecule has 5 heteroatoms. The van der Waals surface area contributed by atoms with Crippen LogP contribution < -0.4 is 15.4 Å². The SMILES string of the molecule is COc1ccc(C(=O)NC(C(=O)NCCC2CCCCC2)C(C)C)cc1.